The van der Waals surface area contributed by atoms with Gasteiger partial charge < -0.3 is 14.7 Å². The van der Waals surface area contributed by atoms with Gasteiger partial charge in [0.25, 0.3) is 5.91 Å². The van der Waals surface area contributed by atoms with Gasteiger partial charge in [-0.25, -0.2) is 13.4 Å². The lowest BCUT2D eigenvalue weighted by atomic mass is 9.87. The number of carbonyl (C=O) groups is 4. The zero-order valence-corrected chi connectivity index (χ0v) is 29.0. The number of rotatable bonds is 7. The smallest absolute Gasteiger partial charge is 0.326 e. The van der Waals surface area contributed by atoms with Gasteiger partial charge in [-0.3, -0.25) is 34.1 Å². The van der Waals surface area contributed by atoms with Crippen molar-refractivity contribution in [2.45, 2.75) is 43.6 Å². The Balaban J connectivity index is 0.858. The molecule has 4 aliphatic rings. The standard InChI is InChI=1S/C35H36FN7O8S/c1-40-27-6-3-20(12-26(27)33(38-40)24-5-7-29(45)37-35(24)48)19-8-10-41(11-9-19)18-31(47)42-15-23(16-42)51-22-4-2-21-13-28(44)34(32(36)25(21)14-22)43-17-30(46)39-52(43,49)50/h2-4,6,12-14,19,23-24,44H,5,7-11,15-18H2,1H3,(H,39,46)(H,37,45,48). The summed E-state index contributed by atoms with van der Waals surface area (Å²) in [4.78, 5) is 53.0. The third-order valence-electron chi connectivity index (χ3n) is 10.5. The Labute approximate surface area is 297 Å². The van der Waals surface area contributed by atoms with E-state index in [0.29, 0.717) is 40.6 Å². The van der Waals surface area contributed by atoms with Crippen LogP contribution in [0.4, 0.5) is 10.1 Å². The molecule has 15 nitrogen and oxygen atoms in total. The van der Waals surface area contributed by atoms with Gasteiger partial charge in [-0.15, -0.1) is 0 Å². The lowest BCUT2D eigenvalue weighted by Gasteiger charge is -2.40. The number of hydrogen-bond donors (Lipinski definition) is 3. The quantitative estimate of drug-likeness (QED) is 0.237. The first-order chi connectivity index (χ1) is 24.8. The maximum atomic E-state index is 15.6. The minimum atomic E-state index is -4.34. The van der Waals surface area contributed by atoms with Crippen molar-refractivity contribution in [3.63, 3.8) is 0 Å². The van der Waals surface area contributed by atoms with Gasteiger partial charge >= 0.3 is 10.2 Å². The molecule has 4 saturated heterocycles. The first kappa shape index (κ1) is 33.8. The molecule has 0 spiro atoms. The van der Waals surface area contributed by atoms with Crippen LogP contribution in [0.5, 0.6) is 11.5 Å². The number of carbonyl (C=O) groups excluding carboxylic acids is 4. The molecule has 1 unspecified atom stereocenters. The number of phenols is 1. The molecule has 4 amide bonds. The zero-order valence-electron chi connectivity index (χ0n) is 28.2. The number of aromatic hydroxyl groups is 1. The summed E-state index contributed by atoms with van der Waals surface area (Å²) in [7, 11) is -2.49. The fourth-order valence-corrected chi connectivity index (χ4v) is 8.83. The highest BCUT2D eigenvalue weighted by atomic mass is 32.2. The molecule has 5 heterocycles. The van der Waals surface area contributed by atoms with Gasteiger partial charge in [-0.2, -0.15) is 13.5 Å². The second kappa shape index (κ2) is 12.7. The van der Waals surface area contributed by atoms with Crippen LogP contribution < -0.4 is 19.1 Å². The van der Waals surface area contributed by atoms with Gasteiger partial charge in [0.2, 0.25) is 17.7 Å². The Bertz CT molecular complexity index is 2280. The Morgan fingerprint density at radius 3 is 2.50 bits per heavy atom. The minimum Gasteiger partial charge on any atom is -0.506 e. The number of likely N-dealkylation sites (tertiary alicyclic amines) is 2. The van der Waals surface area contributed by atoms with Crippen molar-refractivity contribution < 1.29 is 41.8 Å². The summed E-state index contributed by atoms with van der Waals surface area (Å²) in [6, 6.07) is 12.0. The summed E-state index contributed by atoms with van der Waals surface area (Å²) in [5.74, 6) is -2.91. The molecule has 0 saturated carbocycles. The van der Waals surface area contributed by atoms with Crippen LogP contribution in [-0.2, 0) is 36.4 Å². The molecule has 0 aliphatic carbocycles. The topological polar surface area (TPSA) is 183 Å². The first-order valence-electron chi connectivity index (χ1n) is 17.1. The van der Waals surface area contributed by atoms with Gasteiger partial charge in [0.1, 0.15) is 29.8 Å². The fourth-order valence-electron chi connectivity index (χ4n) is 7.66. The van der Waals surface area contributed by atoms with Crippen molar-refractivity contribution in [2.75, 3.05) is 43.6 Å². The van der Waals surface area contributed by atoms with Gasteiger partial charge in [0.05, 0.1) is 36.8 Å². The first-order valence-corrected chi connectivity index (χ1v) is 18.5. The van der Waals surface area contributed by atoms with Crippen LogP contribution in [0.3, 0.4) is 0 Å². The highest BCUT2D eigenvalue weighted by Gasteiger charge is 2.39. The molecule has 1 aromatic heterocycles. The van der Waals surface area contributed by atoms with E-state index in [1.165, 1.54) is 18.2 Å². The SMILES string of the molecule is Cn1nc(C2CCC(=O)NC2=O)c2cc(C3CCN(CC(=O)N4CC(Oc5ccc6cc(O)c(N7CC(=O)NS7(=O)=O)c(F)c6c5)C4)CC3)ccc21. The molecule has 52 heavy (non-hydrogen) atoms. The van der Waals surface area contributed by atoms with Gasteiger partial charge in [-0.05, 0) is 79.6 Å². The normalized spacial score (nSPS) is 21.4. The Morgan fingerprint density at radius 2 is 1.79 bits per heavy atom. The molecule has 3 aromatic carbocycles. The number of nitrogens with one attached hydrogen (secondary N) is 2. The molecule has 3 N–H and O–H groups in total. The third-order valence-corrected chi connectivity index (χ3v) is 11.8. The van der Waals surface area contributed by atoms with E-state index in [-0.39, 0.29) is 48.1 Å². The van der Waals surface area contributed by atoms with Crippen molar-refractivity contribution in [2.24, 2.45) is 7.05 Å². The molecule has 4 aromatic rings. The number of fused-ring (bicyclic) bond motifs is 2. The third kappa shape index (κ3) is 6.06. The number of nitrogens with zero attached hydrogens (tertiary/aromatic N) is 5. The molecule has 0 radical (unpaired) electrons. The summed E-state index contributed by atoms with van der Waals surface area (Å²) >= 11 is 0. The van der Waals surface area contributed by atoms with Crippen LogP contribution in [0.25, 0.3) is 21.7 Å². The molecule has 0 bridgehead atoms. The Kier molecular flexibility index (Phi) is 8.28. The highest BCUT2D eigenvalue weighted by molar-refractivity contribution is 7.92. The van der Waals surface area contributed by atoms with E-state index >= 15 is 4.39 Å². The summed E-state index contributed by atoms with van der Waals surface area (Å²) in [6.45, 7) is 1.84. The summed E-state index contributed by atoms with van der Waals surface area (Å²) in [5, 5.41) is 18.7. The number of aromatic nitrogens is 2. The van der Waals surface area contributed by atoms with E-state index in [4.69, 9.17) is 4.74 Å². The number of halogens is 1. The number of amides is 4. The number of aryl methyl sites for hydroxylation is 1. The van der Waals surface area contributed by atoms with E-state index in [1.54, 1.807) is 20.4 Å². The summed E-state index contributed by atoms with van der Waals surface area (Å²) in [6.07, 6.45) is 2.14. The molecule has 8 rings (SSSR count). The fraction of sp³-hybridized carbons (Fsp3) is 0.400. The molecular weight excluding hydrogens is 697 g/mol. The molecule has 4 fully saturated rings. The maximum absolute atomic E-state index is 15.6. The maximum Gasteiger partial charge on any atom is 0.326 e. The number of piperidine rings is 2. The number of anilines is 1. The van der Waals surface area contributed by atoms with Gasteiger partial charge in [0, 0.05) is 24.2 Å². The number of hydrogen-bond acceptors (Lipinski definition) is 10. The number of imide groups is 1. The van der Waals surface area contributed by atoms with Crippen LogP contribution in [0.1, 0.15) is 48.8 Å². The number of benzene rings is 3. The van der Waals surface area contributed by atoms with Crippen LogP contribution in [0, 0.1) is 5.82 Å². The van der Waals surface area contributed by atoms with E-state index in [0.717, 1.165) is 42.4 Å². The van der Waals surface area contributed by atoms with Crippen molar-refractivity contribution >= 4 is 61.2 Å². The average Bonchev–Trinajstić information content (AvgIpc) is 3.55. The predicted octanol–water partition coefficient (Wildman–Crippen LogP) is 1.74. The van der Waals surface area contributed by atoms with E-state index in [9.17, 15) is 32.7 Å². The second-order valence-electron chi connectivity index (χ2n) is 13.9. The summed E-state index contributed by atoms with van der Waals surface area (Å²) in [5.41, 5.74) is 2.16. The average molecular weight is 734 g/mol. The van der Waals surface area contributed by atoms with Crippen molar-refractivity contribution in [3.8, 4) is 11.5 Å². The molecule has 4 aliphatic heterocycles. The van der Waals surface area contributed by atoms with E-state index in [2.05, 4.69) is 27.4 Å². The van der Waals surface area contributed by atoms with Crippen LogP contribution in [-0.4, -0.2) is 102 Å². The van der Waals surface area contributed by atoms with E-state index in [1.807, 2.05) is 13.1 Å². The van der Waals surface area contributed by atoms with Crippen LogP contribution in [0.15, 0.2) is 42.5 Å². The molecular formula is C35H36FN7O8S. The van der Waals surface area contributed by atoms with Gasteiger partial charge in [0.15, 0.2) is 5.82 Å². The lowest BCUT2D eigenvalue weighted by molar-refractivity contribution is -0.141. The van der Waals surface area contributed by atoms with Gasteiger partial charge in [-0.1, -0.05) is 12.1 Å². The van der Waals surface area contributed by atoms with Crippen molar-refractivity contribution in [1.29, 1.82) is 0 Å². The second-order valence-corrected chi connectivity index (χ2v) is 15.5. The molecule has 272 valence electrons. The number of phenolic OH excluding ortho intramolecular Hbond substituents is 1. The summed E-state index contributed by atoms with van der Waals surface area (Å²) < 4.78 is 50.3. The monoisotopic (exact) mass is 733 g/mol. The van der Waals surface area contributed by atoms with Crippen LogP contribution >= 0.6 is 0 Å². The van der Waals surface area contributed by atoms with E-state index < -0.39 is 45.8 Å². The Hall–Kier alpha value is -5.29. The zero-order chi connectivity index (χ0) is 36.5. The lowest BCUT2D eigenvalue weighted by Crippen LogP contribution is -2.58. The van der Waals surface area contributed by atoms with Crippen molar-refractivity contribution in [3.05, 3.63) is 59.5 Å². The Morgan fingerprint density at radius 1 is 1.02 bits per heavy atom. The minimum absolute atomic E-state index is 0.00520. The molecule has 17 heteroatoms. The molecule has 1 atom stereocenters. The number of ether oxygens (including phenoxy) is 1. The largest absolute Gasteiger partial charge is 0.506 e. The highest BCUT2D eigenvalue weighted by Crippen LogP contribution is 2.40. The predicted molar refractivity (Wildman–Crippen MR) is 185 cm³/mol. The van der Waals surface area contributed by atoms with Crippen molar-refractivity contribution in [1.82, 2.24) is 29.6 Å². The van der Waals surface area contributed by atoms with Crippen LogP contribution in [0.2, 0.25) is 0 Å².